The van der Waals surface area contributed by atoms with E-state index in [4.69, 9.17) is 14.6 Å². The number of thioether (sulfide) groups is 2. The van der Waals surface area contributed by atoms with Crippen molar-refractivity contribution in [2.45, 2.75) is 93.4 Å². The van der Waals surface area contributed by atoms with E-state index in [0.29, 0.717) is 25.8 Å². The summed E-state index contributed by atoms with van der Waals surface area (Å²) in [6.45, 7) is 2.99. The highest BCUT2D eigenvalue weighted by molar-refractivity contribution is 7.99. The monoisotopic (exact) mass is 710 g/mol. The van der Waals surface area contributed by atoms with Crippen LogP contribution in [0.5, 0.6) is 5.75 Å². The molecule has 2 aromatic carbocycles. The number of amides is 1. The van der Waals surface area contributed by atoms with Gasteiger partial charge in [-0.3, -0.25) is 9.78 Å². The summed E-state index contributed by atoms with van der Waals surface area (Å²) >= 11 is 3.45. The first-order valence-electron chi connectivity index (χ1n) is 17.2. The predicted octanol–water partition coefficient (Wildman–Crippen LogP) is 5.33. The Balaban J connectivity index is 1.17. The van der Waals surface area contributed by atoms with Crippen LogP contribution in [-0.4, -0.2) is 98.1 Å². The number of para-hydroxylation sites is 1. The number of carbonyl (C=O) groups excluding carboxylic acids is 1. The second kappa shape index (κ2) is 18.0. The fourth-order valence-electron chi connectivity index (χ4n) is 5.86. The van der Waals surface area contributed by atoms with Crippen molar-refractivity contribution in [1.29, 1.82) is 0 Å². The summed E-state index contributed by atoms with van der Waals surface area (Å²) in [5, 5.41) is 39.0. The third kappa shape index (κ3) is 10.4. The van der Waals surface area contributed by atoms with Gasteiger partial charge >= 0.3 is 0 Å². The standard InChI is InChI=1S/C38H50N2O7S2/c1-26-9-12-29(49-20-6-18-40(17-5-19-48-2)36(44)22-33(42)37(45)34(43)24-41)21-27(26)25-46-38(14-15-38)32-23-39-16-13-30(32)31-7-3-4-8-35(31)47-28-10-11-28/h3-4,7-9,12-13,16,21,23,28,33-34,37,41-43,45H,5-6,10-11,14-15,17-20,22,24-25H2,1-2H3. The average Bonchev–Trinajstić information content (AvgIpc) is 4.06. The highest BCUT2D eigenvalue weighted by Gasteiger charge is 2.47. The Hall–Kier alpha value is -2.64. The summed E-state index contributed by atoms with van der Waals surface area (Å²) in [6.07, 6.45) is 6.95. The maximum absolute atomic E-state index is 13.0. The molecular formula is C38H50N2O7S2. The first-order chi connectivity index (χ1) is 23.7. The summed E-state index contributed by atoms with van der Waals surface area (Å²) in [7, 11) is 0. The molecule has 9 nitrogen and oxygen atoms in total. The number of nitrogens with zero attached hydrogens (tertiary/aromatic N) is 2. The van der Waals surface area contributed by atoms with Gasteiger partial charge < -0.3 is 34.8 Å². The lowest BCUT2D eigenvalue weighted by Gasteiger charge is -2.26. The van der Waals surface area contributed by atoms with E-state index in [1.165, 1.54) is 5.56 Å². The van der Waals surface area contributed by atoms with Gasteiger partial charge in [-0.1, -0.05) is 24.3 Å². The van der Waals surface area contributed by atoms with Crippen molar-refractivity contribution in [3.05, 3.63) is 77.6 Å². The number of hydrogen-bond acceptors (Lipinski definition) is 10. The van der Waals surface area contributed by atoms with Crippen LogP contribution in [0.3, 0.4) is 0 Å². The minimum Gasteiger partial charge on any atom is -0.490 e. The molecule has 0 radical (unpaired) electrons. The van der Waals surface area contributed by atoms with Gasteiger partial charge in [0.2, 0.25) is 5.91 Å². The zero-order valence-corrected chi connectivity index (χ0v) is 30.1. The van der Waals surface area contributed by atoms with Gasteiger partial charge in [0.05, 0.1) is 37.4 Å². The van der Waals surface area contributed by atoms with Crippen LogP contribution in [0.2, 0.25) is 0 Å². The highest BCUT2D eigenvalue weighted by atomic mass is 32.2. The largest absolute Gasteiger partial charge is 0.490 e. The van der Waals surface area contributed by atoms with E-state index < -0.39 is 24.9 Å². The zero-order chi connectivity index (χ0) is 34.8. The molecule has 0 aliphatic heterocycles. The fourth-order valence-corrected chi connectivity index (χ4v) is 7.18. The number of benzene rings is 2. The number of aryl methyl sites for hydroxylation is 1. The van der Waals surface area contributed by atoms with E-state index in [1.807, 2.05) is 24.7 Å². The molecule has 1 amide bonds. The van der Waals surface area contributed by atoms with Gasteiger partial charge in [-0.15, -0.1) is 11.8 Å². The lowest BCUT2D eigenvalue weighted by atomic mass is 9.96. The lowest BCUT2D eigenvalue weighted by Crippen LogP contribution is -2.43. The summed E-state index contributed by atoms with van der Waals surface area (Å²) in [5.74, 6) is 2.35. The van der Waals surface area contributed by atoms with Crippen LogP contribution in [0.25, 0.3) is 11.1 Å². The molecule has 4 N–H and O–H groups in total. The van der Waals surface area contributed by atoms with Gasteiger partial charge in [0.1, 0.15) is 18.0 Å². The van der Waals surface area contributed by atoms with Gasteiger partial charge in [-0.05, 0) is 104 Å². The Morgan fingerprint density at radius 1 is 1.02 bits per heavy atom. The van der Waals surface area contributed by atoms with Crippen LogP contribution in [0.1, 0.15) is 61.6 Å². The van der Waals surface area contributed by atoms with E-state index in [2.05, 4.69) is 54.4 Å². The predicted molar refractivity (Wildman–Crippen MR) is 195 cm³/mol. The number of hydrogen-bond donors (Lipinski definition) is 4. The summed E-state index contributed by atoms with van der Waals surface area (Å²) < 4.78 is 13.0. The third-order valence-corrected chi connectivity index (χ3v) is 10.9. The smallest absolute Gasteiger partial charge is 0.225 e. The molecule has 3 aromatic rings. The zero-order valence-electron chi connectivity index (χ0n) is 28.5. The van der Waals surface area contributed by atoms with E-state index in [0.717, 1.165) is 82.9 Å². The third-order valence-electron chi connectivity index (χ3n) is 9.17. The number of rotatable bonds is 21. The summed E-state index contributed by atoms with van der Waals surface area (Å²) in [6, 6.07) is 16.8. The number of pyridine rings is 1. The van der Waals surface area contributed by atoms with Gasteiger partial charge in [-0.2, -0.15) is 11.8 Å². The molecule has 5 rings (SSSR count). The van der Waals surface area contributed by atoms with Crippen LogP contribution in [0.15, 0.2) is 65.8 Å². The van der Waals surface area contributed by atoms with Crippen LogP contribution in [-0.2, 0) is 21.7 Å². The minimum atomic E-state index is -1.58. The molecule has 2 saturated carbocycles. The molecule has 3 atom stereocenters. The highest BCUT2D eigenvalue weighted by Crippen LogP contribution is 2.53. The Morgan fingerprint density at radius 2 is 1.78 bits per heavy atom. The van der Waals surface area contributed by atoms with E-state index in [-0.39, 0.29) is 17.9 Å². The van der Waals surface area contributed by atoms with Gasteiger partial charge in [0.15, 0.2) is 0 Å². The maximum Gasteiger partial charge on any atom is 0.225 e. The molecule has 2 aliphatic carbocycles. The second-order valence-corrected chi connectivity index (χ2v) is 15.2. The lowest BCUT2D eigenvalue weighted by molar-refractivity contribution is -0.138. The molecule has 3 unspecified atom stereocenters. The van der Waals surface area contributed by atoms with Gasteiger partial charge in [0.25, 0.3) is 0 Å². The van der Waals surface area contributed by atoms with E-state index in [1.54, 1.807) is 28.4 Å². The summed E-state index contributed by atoms with van der Waals surface area (Å²) in [5.41, 5.74) is 5.23. The Labute approximate surface area is 298 Å². The molecule has 1 aromatic heterocycles. The van der Waals surface area contributed by atoms with Crippen molar-refractivity contribution in [2.24, 2.45) is 0 Å². The first kappa shape index (κ1) is 37.6. The summed E-state index contributed by atoms with van der Waals surface area (Å²) in [4.78, 5) is 20.4. The number of aromatic nitrogens is 1. The Bertz CT molecular complexity index is 1520. The SMILES string of the molecule is CSCCCN(CCCSc1ccc(C)c(COC2(c3cnccc3-c3ccccc3OC3CC3)CC2)c1)C(=O)CC(O)C(O)C(O)CO. The second-order valence-electron chi connectivity index (χ2n) is 13.0. The molecule has 0 saturated heterocycles. The Morgan fingerprint density at radius 3 is 2.49 bits per heavy atom. The molecule has 11 heteroatoms. The molecule has 1 heterocycles. The molecule has 0 bridgehead atoms. The van der Waals surface area contributed by atoms with Crippen molar-refractivity contribution in [2.75, 3.05) is 37.5 Å². The van der Waals surface area contributed by atoms with Crippen molar-refractivity contribution in [3.63, 3.8) is 0 Å². The van der Waals surface area contributed by atoms with Crippen LogP contribution < -0.4 is 4.74 Å². The van der Waals surface area contributed by atoms with Crippen LogP contribution in [0, 0.1) is 6.92 Å². The number of carbonyl (C=O) groups is 1. The number of aliphatic hydroxyl groups is 4. The minimum absolute atomic E-state index is 0.276. The normalized spacial score (nSPS) is 16.9. The van der Waals surface area contributed by atoms with Gasteiger partial charge in [-0.25, -0.2) is 0 Å². The van der Waals surface area contributed by atoms with Gasteiger partial charge in [0, 0.05) is 41.5 Å². The molecular weight excluding hydrogens is 661 g/mol. The van der Waals surface area contributed by atoms with E-state index >= 15 is 0 Å². The fraction of sp³-hybridized carbons (Fsp3) is 0.526. The molecule has 266 valence electrons. The van der Waals surface area contributed by atoms with Crippen LogP contribution >= 0.6 is 23.5 Å². The number of ether oxygens (including phenoxy) is 2. The van der Waals surface area contributed by atoms with Crippen molar-refractivity contribution < 1.29 is 34.7 Å². The molecule has 2 aliphatic rings. The van der Waals surface area contributed by atoms with Crippen molar-refractivity contribution in [3.8, 4) is 16.9 Å². The van der Waals surface area contributed by atoms with Crippen LogP contribution in [0.4, 0.5) is 0 Å². The molecule has 2 fully saturated rings. The topological polar surface area (TPSA) is 133 Å². The Kier molecular flexibility index (Phi) is 13.8. The molecule has 49 heavy (non-hydrogen) atoms. The quantitative estimate of drug-likeness (QED) is 0.0850. The van der Waals surface area contributed by atoms with Crippen molar-refractivity contribution >= 4 is 29.4 Å². The van der Waals surface area contributed by atoms with E-state index in [9.17, 15) is 20.1 Å². The molecule has 0 spiro atoms. The first-order valence-corrected chi connectivity index (χ1v) is 19.6. The maximum atomic E-state index is 13.0. The number of aliphatic hydroxyl groups excluding tert-OH is 4. The average molecular weight is 711 g/mol. The van der Waals surface area contributed by atoms with Crippen molar-refractivity contribution in [1.82, 2.24) is 9.88 Å².